The minimum Gasteiger partial charge on any atom is -0.359 e. The van der Waals surface area contributed by atoms with Crippen LogP contribution in [-0.4, -0.2) is 34.7 Å². The molecule has 6 nitrogen and oxygen atoms in total. The molecule has 0 radical (unpaired) electrons. The molecule has 0 aliphatic heterocycles. The Morgan fingerprint density at radius 2 is 2.00 bits per heavy atom. The molecule has 148 valence electrons. The van der Waals surface area contributed by atoms with Gasteiger partial charge in [-0.1, -0.05) is 18.2 Å². The van der Waals surface area contributed by atoms with Gasteiger partial charge in [0.2, 0.25) is 0 Å². The highest BCUT2D eigenvalue weighted by atomic mass is 79.9. The Hall–Kier alpha value is -2.23. The average Bonchev–Trinajstić information content (AvgIpc) is 3.31. The lowest BCUT2D eigenvalue weighted by molar-refractivity contribution is 0.432. The average molecular weight is 489 g/mol. The van der Waals surface area contributed by atoms with E-state index in [0.717, 1.165) is 31.9 Å². The van der Waals surface area contributed by atoms with E-state index in [1.54, 1.807) is 30.5 Å². The summed E-state index contributed by atoms with van der Waals surface area (Å²) < 4.78 is 26.3. The third-order valence-corrected chi connectivity index (χ3v) is 8.61. The topological polar surface area (TPSA) is 87.7 Å². The quantitative estimate of drug-likeness (QED) is 0.418. The first-order chi connectivity index (χ1) is 14.0. The zero-order chi connectivity index (χ0) is 20.0. The van der Waals surface area contributed by atoms with Crippen LogP contribution >= 0.6 is 27.3 Å². The van der Waals surface area contributed by atoms with Crippen LogP contribution < -0.4 is 5.32 Å². The zero-order valence-electron chi connectivity index (χ0n) is 15.2. The van der Waals surface area contributed by atoms with E-state index in [0.29, 0.717) is 17.7 Å². The number of benzene rings is 1. The van der Waals surface area contributed by atoms with Crippen molar-refractivity contribution in [2.24, 2.45) is 0 Å². The molecule has 1 fully saturated rings. The van der Waals surface area contributed by atoms with Gasteiger partial charge in [-0.15, -0.1) is 11.3 Å². The summed E-state index contributed by atoms with van der Waals surface area (Å²) in [6.07, 6.45) is 4.86. The van der Waals surface area contributed by atoms with Crippen molar-refractivity contribution in [2.45, 2.75) is 29.0 Å². The lowest BCUT2D eigenvalue weighted by Gasteiger charge is -2.35. The predicted octanol–water partition coefficient (Wildman–Crippen LogP) is 4.87. The van der Waals surface area contributed by atoms with Gasteiger partial charge in [-0.3, -0.25) is 0 Å². The molecule has 1 aliphatic rings. The molecule has 1 aliphatic carbocycles. The van der Waals surface area contributed by atoms with Gasteiger partial charge in [0.25, 0.3) is 0 Å². The Bertz CT molecular complexity index is 1280. The number of thiazole rings is 1. The number of aromatic nitrogens is 3. The molecule has 3 heterocycles. The summed E-state index contributed by atoms with van der Waals surface area (Å²) in [6.45, 7) is 0. The van der Waals surface area contributed by atoms with E-state index in [9.17, 15) is 8.42 Å². The summed E-state index contributed by atoms with van der Waals surface area (Å²) in [6, 6.07) is 10.8. The summed E-state index contributed by atoms with van der Waals surface area (Å²) in [5.74, 6) is 0. The second-order valence-electron chi connectivity index (χ2n) is 7.08. The molecular formula is C20H17BrN4O2S2. The first-order valence-corrected chi connectivity index (χ1v) is 12.4. The fourth-order valence-electron chi connectivity index (χ4n) is 3.57. The number of H-pyrrole nitrogens is 1. The summed E-state index contributed by atoms with van der Waals surface area (Å²) in [5, 5.41) is 6.86. The van der Waals surface area contributed by atoms with Crippen LogP contribution in [0.2, 0.25) is 0 Å². The van der Waals surface area contributed by atoms with E-state index in [2.05, 4.69) is 31.2 Å². The van der Waals surface area contributed by atoms with Crippen LogP contribution in [0.15, 0.2) is 63.5 Å². The van der Waals surface area contributed by atoms with Crippen molar-refractivity contribution in [3.05, 3.63) is 58.6 Å². The number of rotatable bonds is 5. The second-order valence-corrected chi connectivity index (χ2v) is 11.1. The summed E-state index contributed by atoms with van der Waals surface area (Å²) >= 11 is 4.99. The summed E-state index contributed by atoms with van der Waals surface area (Å²) in [7, 11) is -3.26. The number of aromatic amines is 1. The number of nitrogens with one attached hydrogen (secondary N) is 2. The molecule has 0 amide bonds. The Balaban J connectivity index is 1.28. The standard InChI is InChI=1S/C20H17BrN4O2S2/c21-12-6-16-17(10-23-19(16)22-9-12)18-11-28-20(25-18)24-13-7-15(8-13)29(26,27)14-4-2-1-3-5-14/h1-6,9-11,13,15H,7-8H2,(H,22,23)(H,24,25). The molecule has 4 aromatic rings. The third-order valence-electron chi connectivity index (χ3n) is 5.21. The van der Waals surface area contributed by atoms with Crippen molar-refractivity contribution in [2.75, 3.05) is 5.32 Å². The Labute approximate surface area is 180 Å². The summed E-state index contributed by atoms with van der Waals surface area (Å²) in [5.41, 5.74) is 2.69. The smallest absolute Gasteiger partial charge is 0.183 e. The van der Waals surface area contributed by atoms with E-state index in [-0.39, 0.29) is 11.3 Å². The van der Waals surface area contributed by atoms with Crippen molar-refractivity contribution in [3.8, 4) is 11.3 Å². The number of fused-ring (bicyclic) bond motifs is 1. The molecule has 0 saturated heterocycles. The SMILES string of the molecule is O=S(=O)(c1ccccc1)C1CC(Nc2nc(-c3c[nH]c4ncc(Br)cc34)cs2)C1. The minimum atomic E-state index is -3.26. The largest absolute Gasteiger partial charge is 0.359 e. The van der Waals surface area contributed by atoms with Crippen molar-refractivity contribution in [1.82, 2.24) is 15.0 Å². The maximum atomic E-state index is 12.7. The van der Waals surface area contributed by atoms with Crippen LogP contribution in [-0.2, 0) is 9.84 Å². The van der Waals surface area contributed by atoms with E-state index >= 15 is 0 Å². The first kappa shape index (κ1) is 18.8. The molecule has 5 rings (SSSR count). The van der Waals surface area contributed by atoms with E-state index in [1.807, 2.05) is 23.7 Å². The maximum absolute atomic E-state index is 12.7. The fraction of sp³-hybridized carbons (Fsp3) is 0.200. The van der Waals surface area contributed by atoms with Gasteiger partial charge in [-0.25, -0.2) is 18.4 Å². The van der Waals surface area contributed by atoms with Gasteiger partial charge in [0.1, 0.15) is 5.65 Å². The molecule has 1 saturated carbocycles. The predicted molar refractivity (Wildman–Crippen MR) is 119 cm³/mol. The molecule has 29 heavy (non-hydrogen) atoms. The number of sulfone groups is 1. The molecule has 0 bridgehead atoms. The molecule has 0 unspecified atom stereocenters. The van der Waals surface area contributed by atoms with Crippen LogP contribution in [0.25, 0.3) is 22.3 Å². The zero-order valence-corrected chi connectivity index (χ0v) is 18.4. The van der Waals surface area contributed by atoms with Crippen molar-refractivity contribution in [1.29, 1.82) is 0 Å². The molecule has 0 atom stereocenters. The lowest BCUT2D eigenvalue weighted by atomic mass is 9.92. The fourth-order valence-corrected chi connectivity index (χ4v) is 6.58. The molecular weight excluding hydrogens is 472 g/mol. The molecule has 3 aromatic heterocycles. The normalized spacial score (nSPS) is 19.2. The number of anilines is 1. The minimum absolute atomic E-state index is 0.122. The van der Waals surface area contributed by atoms with E-state index in [1.165, 1.54) is 11.3 Å². The number of hydrogen-bond donors (Lipinski definition) is 2. The van der Waals surface area contributed by atoms with Crippen LogP contribution in [0.4, 0.5) is 5.13 Å². The van der Waals surface area contributed by atoms with Gasteiger partial charge < -0.3 is 10.3 Å². The summed E-state index contributed by atoms with van der Waals surface area (Å²) in [4.78, 5) is 12.6. The van der Waals surface area contributed by atoms with E-state index in [4.69, 9.17) is 4.98 Å². The molecule has 2 N–H and O–H groups in total. The highest BCUT2D eigenvalue weighted by molar-refractivity contribution is 9.10. The van der Waals surface area contributed by atoms with Gasteiger partial charge in [0.15, 0.2) is 15.0 Å². The number of pyridine rings is 1. The van der Waals surface area contributed by atoms with Gasteiger partial charge >= 0.3 is 0 Å². The first-order valence-electron chi connectivity index (χ1n) is 9.15. The number of halogens is 1. The van der Waals surface area contributed by atoms with E-state index < -0.39 is 9.84 Å². The second kappa shape index (κ2) is 7.23. The van der Waals surface area contributed by atoms with Crippen molar-refractivity contribution in [3.63, 3.8) is 0 Å². The number of nitrogens with zero attached hydrogens (tertiary/aromatic N) is 2. The third kappa shape index (κ3) is 3.47. The molecule has 1 aromatic carbocycles. The Kier molecular flexibility index (Phi) is 4.68. The van der Waals surface area contributed by atoms with Crippen LogP contribution in [0.3, 0.4) is 0 Å². The Morgan fingerprint density at radius 1 is 1.21 bits per heavy atom. The molecule has 9 heteroatoms. The Morgan fingerprint density at radius 3 is 2.79 bits per heavy atom. The van der Waals surface area contributed by atoms with Gasteiger partial charge in [0.05, 0.1) is 15.8 Å². The van der Waals surface area contributed by atoms with Crippen molar-refractivity contribution < 1.29 is 8.42 Å². The maximum Gasteiger partial charge on any atom is 0.183 e. The lowest BCUT2D eigenvalue weighted by Crippen LogP contribution is -2.43. The highest BCUT2D eigenvalue weighted by Crippen LogP contribution is 2.36. The van der Waals surface area contributed by atoms with Crippen molar-refractivity contribution >= 4 is 53.3 Å². The van der Waals surface area contributed by atoms with Gasteiger partial charge in [0, 0.05) is 39.2 Å². The highest BCUT2D eigenvalue weighted by Gasteiger charge is 2.39. The monoisotopic (exact) mass is 488 g/mol. The van der Waals surface area contributed by atoms with Crippen LogP contribution in [0.5, 0.6) is 0 Å². The van der Waals surface area contributed by atoms with Crippen LogP contribution in [0.1, 0.15) is 12.8 Å². The number of hydrogen-bond acceptors (Lipinski definition) is 6. The van der Waals surface area contributed by atoms with Gasteiger partial charge in [-0.2, -0.15) is 0 Å². The van der Waals surface area contributed by atoms with Crippen LogP contribution in [0, 0.1) is 0 Å². The molecule has 0 spiro atoms. The van der Waals surface area contributed by atoms with Gasteiger partial charge in [-0.05, 0) is 47.0 Å².